The minimum Gasteiger partial charge on any atom is -0.349 e. The van der Waals surface area contributed by atoms with E-state index in [0.29, 0.717) is 23.7 Å². The van der Waals surface area contributed by atoms with E-state index in [1.807, 2.05) is 14.0 Å². The zero-order chi connectivity index (χ0) is 12.7. The average Bonchev–Trinajstić information content (AvgIpc) is 2.81. The number of nitrogens with one attached hydrogen (secondary N) is 2. The first-order valence-electron chi connectivity index (χ1n) is 6.69. The topological polar surface area (TPSA) is 59.0 Å². The number of fused-ring (bicyclic) bond motifs is 2. The molecule has 2 N–H and O–H groups in total. The molecule has 0 aliphatic carbocycles. The molecule has 2 bridgehead atoms. The average molecular weight is 285 g/mol. The van der Waals surface area contributed by atoms with E-state index in [2.05, 4.69) is 15.7 Å². The molecule has 1 aromatic rings. The Morgan fingerprint density at radius 2 is 2.05 bits per heavy atom. The molecule has 106 valence electrons. The molecule has 2 aliphatic rings. The summed E-state index contributed by atoms with van der Waals surface area (Å²) < 4.78 is 1.69. The van der Waals surface area contributed by atoms with Gasteiger partial charge in [-0.15, -0.1) is 12.4 Å². The number of halogens is 1. The van der Waals surface area contributed by atoms with Gasteiger partial charge in [0.05, 0.1) is 11.3 Å². The van der Waals surface area contributed by atoms with Crippen LogP contribution >= 0.6 is 12.4 Å². The van der Waals surface area contributed by atoms with E-state index >= 15 is 0 Å². The van der Waals surface area contributed by atoms with E-state index in [1.54, 1.807) is 10.9 Å². The maximum Gasteiger partial charge on any atom is 0.254 e. The summed E-state index contributed by atoms with van der Waals surface area (Å²) in [6, 6.07) is 1.52. The van der Waals surface area contributed by atoms with Crippen molar-refractivity contribution < 1.29 is 4.79 Å². The summed E-state index contributed by atoms with van der Waals surface area (Å²) in [5, 5.41) is 10.9. The fourth-order valence-corrected chi connectivity index (χ4v) is 3.26. The Kier molecular flexibility index (Phi) is 4.16. The number of carbonyl (C=O) groups is 1. The number of carbonyl (C=O) groups excluding carboxylic acids is 1. The minimum atomic E-state index is 0. The smallest absolute Gasteiger partial charge is 0.254 e. The van der Waals surface area contributed by atoms with E-state index in [-0.39, 0.29) is 18.3 Å². The van der Waals surface area contributed by atoms with Crippen LogP contribution in [0.1, 0.15) is 41.7 Å². The van der Waals surface area contributed by atoms with Gasteiger partial charge in [0.1, 0.15) is 0 Å². The molecule has 3 heterocycles. The van der Waals surface area contributed by atoms with Crippen LogP contribution in [0.3, 0.4) is 0 Å². The lowest BCUT2D eigenvalue weighted by atomic mass is 9.99. The van der Waals surface area contributed by atoms with E-state index < -0.39 is 0 Å². The Morgan fingerprint density at radius 3 is 2.58 bits per heavy atom. The van der Waals surface area contributed by atoms with E-state index in [0.717, 1.165) is 18.5 Å². The van der Waals surface area contributed by atoms with Gasteiger partial charge in [-0.2, -0.15) is 5.10 Å². The Bertz CT molecular complexity index is 461. The lowest BCUT2D eigenvalue weighted by Crippen LogP contribution is -2.48. The summed E-state index contributed by atoms with van der Waals surface area (Å²) in [7, 11) is 1.84. The van der Waals surface area contributed by atoms with Gasteiger partial charge < -0.3 is 10.6 Å². The Labute approximate surface area is 119 Å². The van der Waals surface area contributed by atoms with Gasteiger partial charge in [0.2, 0.25) is 0 Å². The maximum atomic E-state index is 12.2. The minimum absolute atomic E-state index is 0. The fraction of sp³-hybridized carbons (Fsp3) is 0.692. The summed E-state index contributed by atoms with van der Waals surface area (Å²) in [5.74, 6) is 0.0203. The Balaban J connectivity index is 0.00000133. The van der Waals surface area contributed by atoms with Gasteiger partial charge in [0.25, 0.3) is 5.91 Å². The molecule has 1 amide bonds. The van der Waals surface area contributed by atoms with Gasteiger partial charge in [0, 0.05) is 31.4 Å². The molecule has 2 fully saturated rings. The fourth-order valence-electron chi connectivity index (χ4n) is 3.26. The molecule has 0 spiro atoms. The third-order valence-electron chi connectivity index (χ3n) is 4.07. The van der Waals surface area contributed by atoms with Crippen molar-refractivity contribution in [2.24, 2.45) is 7.05 Å². The van der Waals surface area contributed by atoms with Crippen LogP contribution in [0.2, 0.25) is 0 Å². The van der Waals surface area contributed by atoms with Crippen molar-refractivity contribution in [1.82, 2.24) is 20.4 Å². The first kappa shape index (κ1) is 14.3. The van der Waals surface area contributed by atoms with Gasteiger partial charge in [-0.25, -0.2) is 0 Å². The molecule has 0 saturated carbocycles. The van der Waals surface area contributed by atoms with Crippen molar-refractivity contribution in [2.45, 2.75) is 50.7 Å². The monoisotopic (exact) mass is 284 g/mol. The molecule has 2 unspecified atom stereocenters. The predicted molar refractivity (Wildman–Crippen MR) is 75.6 cm³/mol. The maximum absolute atomic E-state index is 12.2. The van der Waals surface area contributed by atoms with Crippen LogP contribution in [-0.2, 0) is 7.05 Å². The molecule has 2 atom stereocenters. The molecule has 2 saturated heterocycles. The number of aryl methyl sites for hydroxylation is 2. The van der Waals surface area contributed by atoms with Crippen LogP contribution in [-0.4, -0.2) is 33.8 Å². The van der Waals surface area contributed by atoms with Gasteiger partial charge in [-0.1, -0.05) is 0 Å². The van der Waals surface area contributed by atoms with Crippen molar-refractivity contribution in [3.05, 3.63) is 17.5 Å². The van der Waals surface area contributed by atoms with Gasteiger partial charge >= 0.3 is 0 Å². The number of nitrogens with zero attached hydrogens (tertiary/aromatic N) is 2. The summed E-state index contributed by atoms with van der Waals surface area (Å²) in [5.41, 5.74) is 1.50. The zero-order valence-electron chi connectivity index (χ0n) is 11.3. The van der Waals surface area contributed by atoms with E-state index in [1.165, 1.54) is 12.8 Å². The first-order valence-corrected chi connectivity index (χ1v) is 6.69. The largest absolute Gasteiger partial charge is 0.349 e. The second-order valence-electron chi connectivity index (χ2n) is 5.58. The molecule has 19 heavy (non-hydrogen) atoms. The Morgan fingerprint density at radius 1 is 1.42 bits per heavy atom. The predicted octanol–water partition coefficient (Wildman–Crippen LogP) is 1.16. The standard InChI is InChI=1S/C13H20N4O.ClH/c1-8-12(7-17(2)16-8)13(18)15-11-5-9-3-4-10(6-11)14-9;/h7,9-11,14H,3-6H2,1-2H3,(H,15,18);1H. The van der Waals surface area contributed by atoms with Gasteiger partial charge in [-0.3, -0.25) is 9.48 Å². The molecule has 3 rings (SSSR count). The SMILES string of the molecule is Cc1nn(C)cc1C(=O)NC1CC2CCC(C1)N2.Cl. The van der Waals surface area contributed by atoms with Crippen LogP contribution in [0.5, 0.6) is 0 Å². The van der Waals surface area contributed by atoms with E-state index in [9.17, 15) is 4.79 Å². The van der Waals surface area contributed by atoms with Crippen LogP contribution < -0.4 is 10.6 Å². The highest BCUT2D eigenvalue weighted by atomic mass is 35.5. The summed E-state index contributed by atoms with van der Waals surface area (Å²) in [6.45, 7) is 1.88. The molecule has 6 heteroatoms. The van der Waals surface area contributed by atoms with Gasteiger partial charge in [0.15, 0.2) is 0 Å². The van der Waals surface area contributed by atoms with Crippen molar-refractivity contribution in [2.75, 3.05) is 0 Å². The number of piperidine rings is 1. The van der Waals surface area contributed by atoms with Crippen LogP contribution in [0.15, 0.2) is 6.20 Å². The second kappa shape index (κ2) is 5.51. The quantitative estimate of drug-likeness (QED) is 0.857. The van der Waals surface area contributed by atoms with Crippen LogP contribution in [0, 0.1) is 6.92 Å². The lowest BCUT2D eigenvalue weighted by molar-refractivity contribution is 0.0923. The highest BCUT2D eigenvalue weighted by molar-refractivity contribution is 5.95. The first-order chi connectivity index (χ1) is 8.61. The van der Waals surface area contributed by atoms with Crippen LogP contribution in [0.4, 0.5) is 0 Å². The molecule has 1 aromatic heterocycles. The number of aromatic nitrogens is 2. The summed E-state index contributed by atoms with van der Waals surface area (Å²) in [4.78, 5) is 12.2. The van der Waals surface area contributed by atoms with Gasteiger partial charge in [-0.05, 0) is 32.6 Å². The van der Waals surface area contributed by atoms with Crippen molar-refractivity contribution in [3.8, 4) is 0 Å². The van der Waals surface area contributed by atoms with E-state index in [4.69, 9.17) is 0 Å². The van der Waals surface area contributed by atoms with Crippen LogP contribution in [0.25, 0.3) is 0 Å². The van der Waals surface area contributed by atoms with Crippen molar-refractivity contribution >= 4 is 18.3 Å². The lowest BCUT2D eigenvalue weighted by Gasteiger charge is -2.29. The Hall–Kier alpha value is -1.07. The normalized spacial score (nSPS) is 28.8. The molecule has 2 aliphatic heterocycles. The number of rotatable bonds is 2. The third-order valence-corrected chi connectivity index (χ3v) is 4.07. The highest BCUT2D eigenvalue weighted by Gasteiger charge is 2.34. The highest BCUT2D eigenvalue weighted by Crippen LogP contribution is 2.26. The number of hydrogen-bond acceptors (Lipinski definition) is 3. The molecule has 0 radical (unpaired) electrons. The second-order valence-corrected chi connectivity index (χ2v) is 5.58. The van der Waals surface area contributed by atoms with Crippen molar-refractivity contribution in [3.63, 3.8) is 0 Å². The number of amides is 1. The molecule has 0 aromatic carbocycles. The summed E-state index contributed by atoms with van der Waals surface area (Å²) >= 11 is 0. The van der Waals surface area contributed by atoms with Crippen molar-refractivity contribution in [1.29, 1.82) is 0 Å². The molecular weight excluding hydrogens is 264 g/mol. The molecule has 5 nitrogen and oxygen atoms in total. The third kappa shape index (κ3) is 2.92. The number of hydrogen-bond donors (Lipinski definition) is 2. The zero-order valence-corrected chi connectivity index (χ0v) is 12.2. The molecular formula is C13H21ClN4O. The summed E-state index contributed by atoms with van der Waals surface area (Å²) in [6.07, 6.45) is 6.41.